The number of hydrogen-bond acceptors (Lipinski definition) is 3. The summed E-state index contributed by atoms with van der Waals surface area (Å²) >= 11 is 0. The molecule has 1 N–H and O–H groups in total. The first kappa shape index (κ1) is 14.9. The van der Waals surface area contributed by atoms with Crippen LogP contribution in [0.3, 0.4) is 0 Å². The molecule has 0 saturated heterocycles. The van der Waals surface area contributed by atoms with Crippen molar-refractivity contribution >= 4 is 15.7 Å². The molecule has 108 valence electrons. The van der Waals surface area contributed by atoms with E-state index < -0.39 is 38.1 Å². The highest BCUT2D eigenvalue weighted by molar-refractivity contribution is 7.92. The Balaban J connectivity index is 2.40. The Morgan fingerprint density at radius 3 is 2.29 bits per heavy atom. The number of benzene rings is 2. The summed E-state index contributed by atoms with van der Waals surface area (Å²) in [6.07, 6.45) is 0. The molecule has 8 heteroatoms. The first-order valence-electron chi connectivity index (χ1n) is 5.51. The van der Waals surface area contributed by atoms with E-state index in [4.69, 9.17) is 5.26 Å². The third kappa shape index (κ3) is 3.14. The monoisotopic (exact) mass is 312 g/mol. The molecule has 2 aromatic carbocycles. The molecule has 0 saturated carbocycles. The van der Waals surface area contributed by atoms with E-state index in [2.05, 4.69) is 0 Å². The van der Waals surface area contributed by atoms with Crippen LogP contribution in [0.5, 0.6) is 0 Å². The standard InChI is InChI=1S/C13H7F3N2O2S/c14-9-2-4-13(11(16)6-9)21(19,20)18-12-3-1-8(7-17)5-10(12)15/h1-6,18H. The maximum Gasteiger partial charge on any atom is 0.264 e. The van der Waals surface area contributed by atoms with E-state index in [0.717, 1.165) is 24.3 Å². The molecular weight excluding hydrogens is 305 g/mol. The summed E-state index contributed by atoms with van der Waals surface area (Å²) in [5.41, 5.74) is -0.443. The lowest BCUT2D eigenvalue weighted by Gasteiger charge is -2.09. The van der Waals surface area contributed by atoms with Gasteiger partial charge in [-0.15, -0.1) is 0 Å². The predicted molar refractivity (Wildman–Crippen MR) is 68.3 cm³/mol. The average molecular weight is 312 g/mol. The Hall–Kier alpha value is -2.53. The molecule has 2 aromatic rings. The van der Waals surface area contributed by atoms with Crippen molar-refractivity contribution in [2.24, 2.45) is 0 Å². The zero-order chi connectivity index (χ0) is 15.6. The second-order valence-corrected chi connectivity index (χ2v) is 5.64. The molecule has 0 aliphatic heterocycles. The van der Waals surface area contributed by atoms with E-state index in [1.54, 1.807) is 6.07 Å². The summed E-state index contributed by atoms with van der Waals surface area (Å²) in [6, 6.07) is 6.66. The van der Waals surface area contributed by atoms with Crippen LogP contribution in [0.25, 0.3) is 0 Å². The second kappa shape index (κ2) is 5.46. The molecule has 0 spiro atoms. The van der Waals surface area contributed by atoms with Crippen molar-refractivity contribution in [2.45, 2.75) is 4.90 Å². The van der Waals surface area contributed by atoms with Crippen LogP contribution in [0.4, 0.5) is 18.9 Å². The van der Waals surface area contributed by atoms with Gasteiger partial charge in [-0.05, 0) is 30.3 Å². The van der Waals surface area contributed by atoms with Crippen molar-refractivity contribution in [1.29, 1.82) is 5.26 Å². The molecule has 0 bridgehead atoms. The van der Waals surface area contributed by atoms with Gasteiger partial charge in [0, 0.05) is 6.07 Å². The Morgan fingerprint density at radius 1 is 1.00 bits per heavy atom. The highest BCUT2D eigenvalue weighted by atomic mass is 32.2. The summed E-state index contributed by atoms with van der Waals surface area (Å²) in [5.74, 6) is -3.22. The van der Waals surface area contributed by atoms with Crippen molar-refractivity contribution in [3.05, 3.63) is 59.4 Å². The molecule has 0 unspecified atom stereocenters. The van der Waals surface area contributed by atoms with Crippen LogP contribution < -0.4 is 4.72 Å². The van der Waals surface area contributed by atoms with E-state index in [-0.39, 0.29) is 5.56 Å². The largest absolute Gasteiger partial charge is 0.277 e. The number of anilines is 1. The van der Waals surface area contributed by atoms with Crippen LogP contribution in [0, 0.1) is 28.8 Å². The molecule has 0 aliphatic carbocycles. The minimum atomic E-state index is -4.42. The van der Waals surface area contributed by atoms with E-state index >= 15 is 0 Å². The summed E-state index contributed by atoms with van der Waals surface area (Å²) in [5, 5.41) is 8.59. The fourth-order valence-electron chi connectivity index (χ4n) is 1.56. The van der Waals surface area contributed by atoms with E-state index in [1.165, 1.54) is 6.07 Å². The van der Waals surface area contributed by atoms with E-state index in [1.807, 2.05) is 4.72 Å². The quantitative estimate of drug-likeness (QED) is 0.947. The van der Waals surface area contributed by atoms with Gasteiger partial charge < -0.3 is 0 Å². The molecule has 21 heavy (non-hydrogen) atoms. The molecule has 0 fully saturated rings. The maximum absolute atomic E-state index is 13.6. The topological polar surface area (TPSA) is 70.0 Å². The van der Waals surface area contributed by atoms with Gasteiger partial charge in [0.05, 0.1) is 17.3 Å². The second-order valence-electron chi connectivity index (χ2n) is 3.99. The first-order chi connectivity index (χ1) is 9.83. The summed E-state index contributed by atoms with van der Waals surface area (Å²) < 4.78 is 65.6. The van der Waals surface area contributed by atoms with Crippen LogP contribution in [0.2, 0.25) is 0 Å². The number of hydrogen-bond donors (Lipinski definition) is 1. The normalized spacial score (nSPS) is 11.0. The van der Waals surface area contributed by atoms with E-state index in [0.29, 0.717) is 6.07 Å². The van der Waals surface area contributed by atoms with Gasteiger partial charge in [0.1, 0.15) is 22.3 Å². The van der Waals surface area contributed by atoms with Gasteiger partial charge in [-0.3, -0.25) is 4.72 Å². The molecule has 0 aliphatic rings. The highest BCUT2D eigenvalue weighted by Gasteiger charge is 2.21. The number of sulfonamides is 1. The van der Waals surface area contributed by atoms with Crippen molar-refractivity contribution in [1.82, 2.24) is 0 Å². The highest BCUT2D eigenvalue weighted by Crippen LogP contribution is 2.22. The molecule has 2 rings (SSSR count). The summed E-state index contributed by atoms with van der Waals surface area (Å²) in [6.45, 7) is 0. The molecule has 0 heterocycles. The lowest BCUT2D eigenvalue weighted by molar-refractivity contribution is 0.550. The van der Waals surface area contributed by atoms with Crippen LogP contribution in [0.15, 0.2) is 41.3 Å². The van der Waals surface area contributed by atoms with Crippen LogP contribution in [-0.2, 0) is 10.0 Å². The fourth-order valence-corrected chi connectivity index (χ4v) is 2.69. The lowest BCUT2D eigenvalue weighted by atomic mass is 10.2. The van der Waals surface area contributed by atoms with Crippen LogP contribution >= 0.6 is 0 Å². The number of rotatable bonds is 3. The van der Waals surface area contributed by atoms with Gasteiger partial charge in [-0.25, -0.2) is 21.6 Å². The Kier molecular flexibility index (Phi) is 3.86. The van der Waals surface area contributed by atoms with Gasteiger partial charge in [-0.1, -0.05) is 0 Å². The Morgan fingerprint density at radius 2 is 1.71 bits per heavy atom. The molecule has 0 atom stereocenters. The van der Waals surface area contributed by atoms with Gasteiger partial charge in [0.25, 0.3) is 10.0 Å². The Labute approximate surface area is 118 Å². The van der Waals surface area contributed by atoms with Gasteiger partial charge >= 0.3 is 0 Å². The number of halogens is 3. The maximum atomic E-state index is 13.6. The average Bonchev–Trinajstić information content (AvgIpc) is 2.40. The zero-order valence-corrected chi connectivity index (χ0v) is 11.1. The van der Waals surface area contributed by atoms with Crippen molar-refractivity contribution in [3.8, 4) is 6.07 Å². The molecule has 0 aromatic heterocycles. The van der Waals surface area contributed by atoms with Crippen molar-refractivity contribution < 1.29 is 21.6 Å². The third-order valence-electron chi connectivity index (χ3n) is 2.53. The number of nitriles is 1. The van der Waals surface area contributed by atoms with Crippen LogP contribution in [-0.4, -0.2) is 8.42 Å². The fraction of sp³-hybridized carbons (Fsp3) is 0. The number of nitrogens with one attached hydrogen (secondary N) is 1. The van der Waals surface area contributed by atoms with Crippen molar-refractivity contribution in [3.63, 3.8) is 0 Å². The van der Waals surface area contributed by atoms with Crippen LogP contribution in [0.1, 0.15) is 5.56 Å². The van der Waals surface area contributed by atoms with Gasteiger partial charge in [0.2, 0.25) is 0 Å². The van der Waals surface area contributed by atoms with E-state index in [9.17, 15) is 21.6 Å². The first-order valence-corrected chi connectivity index (χ1v) is 6.99. The van der Waals surface area contributed by atoms with Gasteiger partial charge in [-0.2, -0.15) is 5.26 Å². The van der Waals surface area contributed by atoms with Gasteiger partial charge in [0.15, 0.2) is 0 Å². The molecular formula is C13H7F3N2O2S. The predicted octanol–water partition coefficient (Wildman–Crippen LogP) is 2.78. The minimum Gasteiger partial charge on any atom is -0.277 e. The summed E-state index contributed by atoms with van der Waals surface area (Å²) in [4.78, 5) is -0.812. The minimum absolute atomic E-state index is 0.00316. The zero-order valence-electron chi connectivity index (χ0n) is 10.3. The molecule has 0 radical (unpaired) electrons. The lowest BCUT2D eigenvalue weighted by Crippen LogP contribution is -2.15. The molecule has 0 amide bonds. The SMILES string of the molecule is N#Cc1ccc(NS(=O)(=O)c2ccc(F)cc2F)c(F)c1. The Bertz CT molecular complexity index is 845. The third-order valence-corrected chi connectivity index (χ3v) is 3.92. The molecule has 4 nitrogen and oxygen atoms in total. The van der Waals surface area contributed by atoms with Crippen molar-refractivity contribution in [2.75, 3.05) is 4.72 Å². The summed E-state index contributed by atoms with van der Waals surface area (Å²) in [7, 11) is -4.42. The smallest absolute Gasteiger partial charge is 0.264 e. The number of nitrogens with zero attached hydrogens (tertiary/aromatic N) is 1.